The van der Waals surface area contributed by atoms with E-state index in [-0.39, 0.29) is 0 Å². The van der Waals surface area contributed by atoms with Crippen LogP contribution in [0.5, 0.6) is 0 Å². The summed E-state index contributed by atoms with van der Waals surface area (Å²) in [6.07, 6.45) is 5.09. The molecule has 0 amide bonds. The molecular weight excluding hydrogens is 248 g/mol. The molecule has 1 unspecified atom stereocenters. The summed E-state index contributed by atoms with van der Waals surface area (Å²) in [4.78, 5) is 7.17. The number of piperidine rings is 1. The lowest BCUT2D eigenvalue weighted by Gasteiger charge is -2.30. The Morgan fingerprint density at radius 1 is 1.25 bits per heavy atom. The fourth-order valence-corrected chi connectivity index (χ4v) is 2.79. The van der Waals surface area contributed by atoms with Crippen LogP contribution in [0.3, 0.4) is 0 Å². The Bertz CT molecular complexity index is 274. The van der Waals surface area contributed by atoms with Crippen molar-refractivity contribution >= 4 is 5.96 Å². The van der Waals surface area contributed by atoms with Gasteiger partial charge in [-0.05, 0) is 45.2 Å². The van der Waals surface area contributed by atoms with E-state index < -0.39 is 0 Å². The molecule has 0 aliphatic carbocycles. The zero-order chi connectivity index (χ0) is 14.8. The smallest absolute Gasteiger partial charge is 0.191 e. The lowest BCUT2D eigenvalue weighted by atomic mass is 9.99. The van der Waals surface area contributed by atoms with Crippen molar-refractivity contribution in [1.29, 1.82) is 0 Å². The van der Waals surface area contributed by atoms with Crippen molar-refractivity contribution in [1.82, 2.24) is 15.5 Å². The van der Waals surface area contributed by atoms with Gasteiger partial charge in [0.2, 0.25) is 0 Å². The van der Waals surface area contributed by atoms with Crippen molar-refractivity contribution in [2.75, 3.05) is 39.8 Å². The van der Waals surface area contributed by atoms with Crippen LogP contribution >= 0.6 is 0 Å². The third kappa shape index (κ3) is 6.60. The van der Waals surface area contributed by atoms with E-state index in [1.807, 2.05) is 0 Å². The highest BCUT2D eigenvalue weighted by molar-refractivity contribution is 5.79. The van der Waals surface area contributed by atoms with Crippen LogP contribution in [0.15, 0.2) is 4.99 Å². The molecule has 1 fully saturated rings. The maximum absolute atomic E-state index is 4.74. The largest absolute Gasteiger partial charge is 0.357 e. The van der Waals surface area contributed by atoms with Crippen LogP contribution in [0, 0.1) is 11.8 Å². The Labute approximate surface area is 125 Å². The van der Waals surface area contributed by atoms with Crippen LogP contribution in [0.2, 0.25) is 0 Å². The van der Waals surface area contributed by atoms with Gasteiger partial charge in [0.15, 0.2) is 5.96 Å². The molecule has 1 aliphatic rings. The highest BCUT2D eigenvalue weighted by Crippen LogP contribution is 2.13. The summed E-state index contributed by atoms with van der Waals surface area (Å²) in [7, 11) is 2.22. The van der Waals surface area contributed by atoms with E-state index in [1.54, 1.807) is 0 Å². The van der Waals surface area contributed by atoms with E-state index >= 15 is 0 Å². The van der Waals surface area contributed by atoms with E-state index in [4.69, 9.17) is 4.99 Å². The van der Waals surface area contributed by atoms with Crippen LogP contribution in [0.4, 0.5) is 0 Å². The maximum atomic E-state index is 4.74. The molecular formula is C16H34N4. The monoisotopic (exact) mass is 282 g/mol. The zero-order valence-corrected chi connectivity index (χ0v) is 13.9. The molecule has 0 bridgehead atoms. The molecule has 4 heteroatoms. The zero-order valence-electron chi connectivity index (χ0n) is 13.9. The summed E-state index contributed by atoms with van der Waals surface area (Å²) < 4.78 is 0. The Morgan fingerprint density at radius 3 is 2.60 bits per heavy atom. The number of nitrogens with zero attached hydrogens (tertiary/aromatic N) is 2. The molecule has 2 N–H and O–H groups in total. The minimum Gasteiger partial charge on any atom is -0.357 e. The minimum atomic E-state index is 0.714. The van der Waals surface area contributed by atoms with Crippen LogP contribution in [-0.2, 0) is 0 Å². The highest BCUT2D eigenvalue weighted by atomic mass is 15.2. The average Bonchev–Trinajstić information content (AvgIpc) is 2.45. The van der Waals surface area contributed by atoms with Crippen molar-refractivity contribution in [2.24, 2.45) is 16.8 Å². The second-order valence-electron chi connectivity index (χ2n) is 6.05. The highest BCUT2D eigenvalue weighted by Gasteiger charge is 2.17. The Morgan fingerprint density at radius 2 is 2.00 bits per heavy atom. The molecule has 0 spiro atoms. The van der Waals surface area contributed by atoms with Gasteiger partial charge in [-0.1, -0.05) is 26.7 Å². The molecule has 1 heterocycles. The van der Waals surface area contributed by atoms with Gasteiger partial charge in [0.1, 0.15) is 0 Å². The summed E-state index contributed by atoms with van der Waals surface area (Å²) in [5.41, 5.74) is 0. The summed E-state index contributed by atoms with van der Waals surface area (Å²) >= 11 is 0. The van der Waals surface area contributed by atoms with Crippen molar-refractivity contribution in [3.8, 4) is 0 Å². The summed E-state index contributed by atoms with van der Waals surface area (Å²) in [5, 5.41) is 6.89. The van der Waals surface area contributed by atoms with Gasteiger partial charge in [0, 0.05) is 26.2 Å². The molecule has 0 radical (unpaired) electrons. The Kier molecular flexibility index (Phi) is 8.67. The normalized spacial score (nSPS) is 21.2. The minimum absolute atomic E-state index is 0.714. The van der Waals surface area contributed by atoms with Crippen molar-refractivity contribution in [3.63, 3.8) is 0 Å². The SMILES string of the molecule is CCNC(=NCC(CC)CC)NCC1CCCN(C)C1. The van der Waals surface area contributed by atoms with Crippen molar-refractivity contribution in [3.05, 3.63) is 0 Å². The van der Waals surface area contributed by atoms with E-state index in [0.29, 0.717) is 5.92 Å². The van der Waals surface area contributed by atoms with Gasteiger partial charge >= 0.3 is 0 Å². The van der Waals surface area contributed by atoms with E-state index in [9.17, 15) is 0 Å². The lowest BCUT2D eigenvalue weighted by Crippen LogP contribution is -2.43. The summed E-state index contributed by atoms with van der Waals surface area (Å²) in [5.74, 6) is 2.46. The molecule has 1 atom stereocenters. The number of hydrogen-bond acceptors (Lipinski definition) is 2. The first-order chi connectivity index (χ1) is 9.69. The van der Waals surface area contributed by atoms with Gasteiger partial charge in [0.05, 0.1) is 0 Å². The molecule has 1 saturated heterocycles. The number of aliphatic imine (C=N–C) groups is 1. The molecule has 118 valence electrons. The number of nitrogens with one attached hydrogen (secondary N) is 2. The topological polar surface area (TPSA) is 39.7 Å². The second kappa shape index (κ2) is 10.0. The van der Waals surface area contributed by atoms with Crippen molar-refractivity contribution < 1.29 is 0 Å². The number of rotatable bonds is 7. The maximum Gasteiger partial charge on any atom is 0.191 e. The van der Waals surface area contributed by atoms with Crippen LogP contribution in [0.1, 0.15) is 46.5 Å². The third-order valence-electron chi connectivity index (χ3n) is 4.29. The number of guanidine groups is 1. The molecule has 0 saturated carbocycles. The molecule has 20 heavy (non-hydrogen) atoms. The number of hydrogen-bond donors (Lipinski definition) is 2. The van der Waals surface area contributed by atoms with E-state index in [1.165, 1.54) is 38.8 Å². The van der Waals surface area contributed by atoms with Gasteiger partial charge in [-0.15, -0.1) is 0 Å². The molecule has 0 aromatic rings. The first-order valence-corrected chi connectivity index (χ1v) is 8.40. The Hall–Kier alpha value is -0.770. The van der Waals surface area contributed by atoms with Crippen LogP contribution in [0.25, 0.3) is 0 Å². The van der Waals surface area contributed by atoms with Crippen LogP contribution in [-0.4, -0.2) is 50.6 Å². The lowest BCUT2D eigenvalue weighted by molar-refractivity contribution is 0.210. The van der Waals surface area contributed by atoms with Gasteiger partial charge in [-0.2, -0.15) is 0 Å². The fraction of sp³-hybridized carbons (Fsp3) is 0.938. The van der Waals surface area contributed by atoms with Gasteiger partial charge in [-0.3, -0.25) is 4.99 Å². The predicted molar refractivity (Wildman–Crippen MR) is 88.3 cm³/mol. The van der Waals surface area contributed by atoms with E-state index in [0.717, 1.165) is 31.5 Å². The summed E-state index contributed by atoms with van der Waals surface area (Å²) in [6.45, 7) is 12.0. The number of likely N-dealkylation sites (tertiary alicyclic amines) is 1. The quantitative estimate of drug-likeness (QED) is 0.556. The molecule has 4 nitrogen and oxygen atoms in total. The average molecular weight is 282 g/mol. The van der Waals surface area contributed by atoms with Crippen LogP contribution < -0.4 is 10.6 Å². The standard InChI is InChI=1S/C16H34N4/c1-5-14(6-2)11-18-16(17-7-3)19-12-15-9-8-10-20(4)13-15/h14-15H,5-13H2,1-4H3,(H2,17,18,19). The first-order valence-electron chi connectivity index (χ1n) is 8.40. The van der Waals surface area contributed by atoms with Gasteiger partial charge < -0.3 is 15.5 Å². The molecule has 1 rings (SSSR count). The van der Waals surface area contributed by atoms with Crippen molar-refractivity contribution in [2.45, 2.75) is 46.5 Å². The first kappa shape index (κ1) is 17.3. The van der Waals surface area contributed by atoms with E-state index in [2.05, 4.69) is 43.4 Å². The van der Waals surface area contributed by atoms with Gasteiger partial charge in [-0.25, -0.2) is 0 Å². The molecule has 1 aliphatic heterocycles. The molecule has 0 aromatic carbocycles. The summed E-state index contributed by atoms with van der Waals surface area (Å²) in [6, 6.07) is 0. The predicted octanol–water partition coefficient (Wildman–Crippen LogP) is 2.32. The molecule has 0 aromatic heterocycles. The second-order valence-corrected chi connectivity index (χ2v) is 6.05. The Balaban J connectivity index is 2.39. The third-order valence-corrected chi connectivity index (χ3v) is 4.29. The fourth-order valence-electron chi connectivity index (χ4n) is 2.79. The van der Waals surface area contributed by atoms with Gasteiger partial charge in [0.25, 0.3) is 0 Å².